The third kappa shape index (κ3) is 3.49. The van der Waals surface area contributed by atoms with Crippen LogP contribution in [0.25, 0.3) is 0 Å². The van der Waals surface area contributed by atoms with Crippen LogP contribution in [-0.2, 0) is 11.3 Å². The molecule has 1 heterocycles. The zero-order valence-corrected chi connectivity index (χ0v) is 9.87. The molecule has 1 aromatic carbocycles. The molecule has 0 radical (unpaired) electrons. The predicted molar refractivity (Wildman–Crippen MR) is 64.4 cm³/mol. The van der Waals surface area contributed by atoms with Crippen molar-refractivity contribution in [2.75, 3.05) is 19.8 Å². The lowest BCUT2D eigenvalue weighted by Gasteiger charge is -2.33. The number of morpholine rings is 1. The molecule has 0 bridgehead atoms. The van der Waals surface area contributed by atoms with Gasteiger partial charge in [0.1, 0.15) is 0 Å². The summed E-state index contributed by atoms with van der Waals surface area (Å²) in [5, 5.41) is 0. The summed E-state index contributed by atoms with van der Waals surface area (Å²) in [6, 6.07) is 11.2. The SMILES string of the molecule is CC1COCCN1Cc1ccccc1.Cl. The quantitative estimate of drug-likeness (QED) is 0.769. The van der Waals surface area contributed by atoms with Crippen LogP contribution < -0.4 is 0 Å². The monoisotopic (exact) mass is 227 g/mol. The summed E-state index contributed by atoms with van der Waals surface area (Å²) in [7, 11) is 0. The van der Waals surface area contributed by atoms with Crippen LogP contribution in [0.3, 0.4) is 0 Å². The Labute approximate surface area is 97.6 Å². The van der Waals surface area contributed by atoms with Crippen molar-refractivity contribution in [3.05, 3.63) is 35.9 Å². The minimum atomic E-state index is 0. The molecule has 84 valence electrons. The van der Waals surface area contributed by atoms with E-state index in [9.17, 15) is 0 Å². The largest absolute Gasteiger partial charge is 0.379 e. The Morgan fingerprint density at radius 3 is 2.73 bits per heavy atom. The first-order chi connectivity index (χ1) is 6.86. The Balaban J connectivity index is 0.00000112. The number of ether oxygens (including phenoxy) is 1. The molecule has 0 aromatic heterocycles. The third-order valence-corrected chi connectivity index (χ3v) is 2.73. The van der Waals surface area contributed by atoms with E-state index in [4.69, 9.17) is 4.74 Å². The van der Waals surface area contributed by atoms with Gasteiger partial charge in [0.2, 0.25) is 0 Å². The van der Waals surface area contributed by atoms with Gasteiger partial charge in [0.15, 0.2) is 0 Å². The summed E-state index contributed by atoms with van der Waals surface area (Å²) in [4.78, 5) is 2.47. The molecular weight excluding hydrogens is 210 g/mol. The van der Waals surface area contributed by atoms with Gasteiger partial charge in [-0.3, -0.25) is 4.90 Å². The Hall–Kier alpha value is -0.570. The van der Waals surface area contributed by atoms with Crippen molar-refractivity contribution >= 4 is 12.4 Å². The lowest BCUT2D eigenvalue weighted by atomic mass is 10.2. The number of nitrogens with zero attached hydrogens (tertiary/aromatic N) is 1. The molecule has 2 rings (SSSR count). The second-order valence-electron chi connectivity index (χ2n) is 3.88. The average Bonchev–Trinajstić information content (AvgIpc) is 2.23. The van der Waals surface area contributed by atoms with Crippen molar-refractivity contribution in [3.8, 4) is 0 Å². The van der Waals surface area contributed by atoms with Gasteiger partial charge in [-0.05, 0) is 12.5 Å². The van der Waals surface area contributed by atoms with Crippen LogP contribution in [-0.4, -0.2) is 30.7 Å². The molecule has 1 fully saturated rings. The standard InChI is InChI=1S/C12H17NO.ClH/c1-11-10-14-8-7-13(11)9-12-5-3-2-4-6-12;/h2-6,11H,7-10H2,1H3;1H. The Kier molecular flexibility index (Phi) is 5.09. The predicted octanol–water partition coefficient (Wildman–Crippen LogP) is 2.33. The molecule has 0 amide bonds. The Morgan fingerprint density at radius 1 is 1.33 bits per heavy atom. The molecule has 1 aromatic rings. The maximum absolute atomic E-state index is 5.41. The summed E-state index contributed by atoms with van der Waals surface area (Å²) < 4.78 is 5.41. The van der Waals surface area contributed by atoms with E-state index in [1.807, 2.05) is 0 Å². The normalized spacial score (nSPS) is 22.1. The van der Waals surface area contributed by atoms with E-state index in [2.05, 4.69) is 42.2 Å². The van der Waals surface area contributed by atoms with E-state index in [0.717, 1.165) is 26.3 Å². The minimum absolute atomic E-state index is 0. The minimum Gasteiger partial charge on any atom is -0.379 e. The van der Waals surface area contributed by atoms with Crippen molar-refractivity contribution in [2.45, 2.75) is 19.5 Å². The summed E-state index contributed by atoms with van der Waals surface area (Å²) in [5.41, 5.74) is 1.39. The van der Waals surface area contributed by atoms with Crippen LogP contribution in [0.15, 0.2) is 30.3 Å². The average molecular weight is 228 g/mol. The van der Waals surface area contributed by atoms with Gasteiger partial charge >= 0.3 is 0 Å². The third-order valence-electron chi connectivity index (χ3n) is 2.73. The first-order valence-electron chi connectivity index (χ1n) is 5.22. The molecular formula is C12H18ClNO. The highest BCUT2D eigenvalue weighted by atomic mass is 35.5. The van der Waals surface area contributed by atoms with Gasteiger partial charge in [0.05, 0.1) is 13.2 Å². The number of rotatable bonds is 2. The lowest BCUT2D eigenvalue weighted by Crippen LogP contribution is -2.42. The highest BCUT2D eigenvalue weighted by Gasteiger charge is 2.18. The fourth-order valence-electron chi connectivity index (χ4n) is 1.81. The van der Waals surface area contributed by atoms with Crippen LogP contribution in [0, 0.1) is 0 Å². The van der Waals surface area contributed by atoms with E-state index < -0.39 is 0 Å². The maximum atomic E-state index is 5.41. The molecule has 0 aliphatic carbocycles. The first-order valence-corrected chi connectivity index (χ1v) is 5.22. The van der Waals surface area contributed by atoms with Gasteiger partial charge < -0.3 is 4.74 Å². The van der Waals surface area contributed by atoms with Gasteiger partial charge in [-0.1, -0.05) is 30.3 Å². The molecule has 0 N–H and O–H groups in total. The Bertz CT molecular complexity index is 278. The van der Waals surface area contributed by atoms with Crippen LogP contribution in [0.1, 0.15) is 12.5 Å². The second-order valence-corrected chi connectivity index (χ2v) is 3.88. The number of benzene rings is 1. The zero-order chi connectivity index (χ0) is 9.80. The molecule has 1 unspecified atom stereocenters. The van der Waals surface area contributed by atoms with E-state index in [0.29, 0.717) is 6.04 Å². The molecule has 15 heavy (non-hydrogen) atoms. The van der Waals surface area contributed by atoms with Gasteiger partial charge in [0, 0.05) is 19.1 Å². The van der Waals surface area contributed by atoms with Crippen molar-refractivity contribution < 1.29 is 4.74 Å². The van der Waals surface area contributed by atoms with Gasteiger partial charge in [-0.25, -0.2) is 0 Å². The second kappa shape index (κ2) is 6.11. The van der Waals surface area contributed by atoms with Gasteiger partial charge in [0.25, 0.3) is 0 Å². The van der Waals surface area contributed by atoms with Crippen LogP contribution in [0.4, 0.5) is 0 Å². The van der Waals surface area contributed by atoms with Crippen LogP contribution in [0.2, 0.25) is 0 Å². The highest BCUT2D eigenvalue weighted by molar-refractivity contribution is 5.85. The van der Waals surface area contributed by atoms with Gasteiger partial charge in [-0.15, -0.1) is 12.4 Å². The number of hydrogen-bond acceptors (Lipinski definition) is 2. The number of hydrogen-bond donors (Lipinski definition) is 0. The van der Waals surface area contributed by atoms with Crippen molar-refractivity contribution in [3.63, 3.8) is 0 Å². The van der Waals surface area contributed by atoms with E-state index in [1.54, 1.807) is 0 Å². The number of halogens is 1. The topological polar surface area (TPSA) is 12.5 Å². The van der Waals surface area contributed by atoms with Crippen LogP contribution >= 0.6 is 12.4 Å². The molecule has 1 aliphatic rings. The molecule has 2 nitrogen and oxygen atoms in total. The summed E-state index contributed by atoms with van der Waals surface area (Å²) in [5.74, 6) is 0. The molecule has 3 heteroatoms. The van der Waals surface area contributed by atoms with Crippen molar-refractivity contribution in [2.24, 2.45) is 0 Å². The molecule has 1 atom stereocenters. The van der Waals surface area contributed by atoms with E-state index in [-0.39, 0.29) is 12.4 Å². The van der Waals surface area contributed by atoms with Gasteiger partial charge in [-0.2, -0.15) is 0 Å². The van der Waals surface area contributed by atoms with E-state index >= 15 is 0 Å². The molecule has 0 saturated carbocycles. The van der Waals surface area contributed by atoms with Crippen molar-refractivity contribution in [1.82, 2.24) is 4.90 Å². The maximum Gasteiger partial charge on any atom is 0.0619 e. The van der Waals surface area contributed by atoms with Crippen molar-refractivity contribution in [1.29, 1.82) is 0 Å². The summed E-state index contributed by atoms with van der Waals surface area (Å²) >= 11 is 0. The smallest absolute Gasteiger partial charge is 0.0619 e. The molecule has 1 aliphatic heterocycles. The Morgan fingerprint density at radius 2 is 2.07 bits per heavy atom. The fourth-order valence-corrected chi connectivity index (χ4v) is 1.81. The first kappa shape index (κ1) is 12.5. The summed E-state index contributed by atoms with van der Waals surface area (Å²) in [6.45, 7) is 6.06. The summed E-state index contributed by atoms with van der Waals surface area (Å²) in [6.07, 6.45) is 0. The fraction of sp³-hybridized carbons (Fsp3) is 0.500. The zero-order valence-electron chi connectivity index (χ0n) is 9.06. The molecule has 0 spiro atoms. The molecule has 1 saturated heterocycles. The lowest BCUT2D eigenvalue weighted by molar-refractivity contribution is -0.00436. The highest BCUT2D eigenvalue weighted by Crippen LogP contribution is 2.11. The van der Waals surface area contributed by atoms with E-state index in [1.165, 1.54) is 5.56 Å². The van der Waals surface area contributed by atoms with Crippen LogP contribution in [0.5, 0.6) is 0 Å².